The van der Waals surface area contributed by atoms with Crippen LogP contribution in [-0.2, 0) is 10.3 Å². The summed E-state index contributed by atoms with van der Waals surface area (Å²) in [6.45, 7) is 8.26. The molecule has 1 atom stereocenters. The van der Waals surface area contributed by atoms with Crippen molar-refractivity contribution in [2.24, 2.45) is 5.73 Å². The molecular formula is C16H23NO5. The van der Waals surface area contributed by atoms with Crippen molar-refractivity contribution in [1.82, 2.24) is 0 Å². The average Bonchev–Trinajstić information content (AvgIpc) is 2.39. The Bertz CT molecular complexity index is 584. The maximum Gasteiger partial charge on any atom is 0.328 e. The Morgan fingerprint density at radius 1 is 1.27 bits per heavy atom. The number of hydrogen-bond donors (Lipinski definition) is 2. The molecule has 0 amide bonds. The highest BCUT2D eigenvalue weighted by Crippen LogP contribution is 2.47. The summed E-state index contributed by atoms with van der Waals surface area (Å²) < 4.78 is 17.0. The first-order valence-electron chi connectivity index (χ1n) is 7.39. The SMILES string of the molecule is CCOc1cc2c(cc1OCC)C(N)(C(=O)O)CC(C)(C)O2. The zero-order chi connectivity index (χ0) is 16.5. The lowest BCUT2D eigenvalue weighted by molar-refractivity contribution is -0.147. The standard InChI is InChI=1S/C16H23NO5/c1-5-20-12-7-10-11(8-13(12)21-6-2)22-15(3,4)9-16(10,17)14(18)19/h7-8H,5-6,9,17H2,1-4H3,(H,18,19). The van der Waals surface area contributed by atoms with Crippen molar-refractivity contribution in [2.75, 3.05) is 13.2 Å². The van der Waals surface area contributed by atoms with Gasteiger partial charge in [0.15, 0.2) is 11.5 Å². The Balaban J connectivity index is 2.63. The predicted molar refractivity (Wildman–Crippen MR) is 81.6 cm³/mol. The Hall–Kier alpha value is -1.95. The fraction of sp³-hybridized carbons (Fsp3) is 0.562. The van der Waals surface area contributed by atoms with E-state index in [0.29, 0.717) is 36.0 Å². The van der Waals surface area contributed by atoms with Crippen molar-refractivity contribution < 1.29 is 24.1 Å². The number of fused-ring (bicyclic) bond motifs is 1. The summed E-state index contributed by atoms with van der Waals surface area (Å²) in [6, 6.07) is 3.28. The van der Waals surface area contributed by atoms with Gasteiger partial charge in [0.2, 0.25) is 0 Å². The van der Waals surface area contributed by atoms with Crippen LogP contribution < -0.4 is 19.9 Å². The van der Waals surface area contributed by atoms with Crippen LogP contribution in [0.15, 0.2) is 12.1 Å². The Kier molecular flexibility index (Phi) is 4.24. The van der Waals surface area contributed by atoms with Gasteiger partial charge in [0.05, 0.1) is 13.2 Å². The van der Waals surface area contributed by atoms with Gasteiger partial charge in [-0.3, -0.25) is 0 Å². The van der Waals surface area contributed by atoms with Gasteiger partial charge >= 0.3 is 5.97 Å². The maximum absolute atomic E-state index is 11.8. The first kappa shape index (κ1) is 16.4. The topological polar surface area (TPSA) is 91.0 Å². The lowest BCUT2D eigenvalue weighted by Crippen LogP contribution is -2.54. The highest BCUT2D eigenvalue weighted by molar-refractivity contribution is 5.83. The van der Waals surface area contributed by atoms with Crippen molar-refractivity contribution in [1.29, 1.82) is 0 Å². The van der Waals surface area contributed by atoms with E-state index in [1.54, 1.807) is 12.1 Å². The lowest BCUT2D eigenvalue weighted by atomic mass is 9.78. The van der Waals surface area contributed by atoms with Gasteiger partial charge in [-0.15, -0.1) is 0 Å². The third-order valence-corrected chi connectivity index (χ3v) is 3.60. The molecule has 3 N–H and O–H groups in total. The molecule has 0 saturated heterocycles. The van der Waals surface area contributed by atoms with Crippen LogP contribution in [0.25, 0.3) is 0 Å². The molecule has 1 aromatic rings. The van der Waals surface area contributed by atoms with Gasteiger partial charge in [0.1, 0.15) is 16.9 Å². The minimum Gasteiger partial charge on any atom is -0.490 e. The zero-order valence-corrected chi connectivity index (χ0v) is 13.4. The summed E-state index contributed by atoms with van der Waals surface area (Å²) in [5.41, 5.74) is 4.41. The molecule has 0 aliphatic carbocycles. The predicted octanol–water partition coefficient (Wildman–Crippen LogP) is 2.28. The number of ether oxygens (including phenoxy) is 3. The number of carboxylic acid groups (broad SMARTS) is 1. The monoisotopic (exact) mass is 309 g/mol. The molecule has 122 valence electrons. The fourth-order valence-electron chi connectivity index (χ4n) is 2.80. The second-order valence-corrected chi connectivity index (χ2v) is 5.98. The molecule has 1 heterocycles. The van der Waals surface area contributed by atoms with Crippen molar-refractivity contribution >= 4 is 5.97 Å². The fourth-order valence-corrected chi connectivity index (χ4v) is 2.80. The van der Waals surface area contributed by atoms with Crippen LogP contribution in [0.3, 0.4) is 0 Å². The smallest absolute Gasteiger partial charge is 0.328 e. The van der Waals surface area contributed by atoms with Crippen molar-refractivity contribution in [3.8, 4) is 17.2 Å². The molecular weight excluding hydrogens is 286 g/mol. The van der Waals surface area contributed by atoms with Crippen LogP contribution in [0, 0.1) is 0 Å². The van der Waals surface area contributed by atoms with Crippen molar-refractivity contribution in [2.45, 2.75) is 45.3 Å². The molecule has 22 heavy (non-hydrogen) atoms. The zero-order valence-electron chi connectivity index (χ0n) is 13.4. The summed E-state index contributed by atoms with van der Waals surface area (Å²) in [5.74, 6) is 0.334. The maximum atomic E-state index is 11.8. The third-order valence-electron chi connectivity index (χ3n) is 3.60. The van der Waals surface area contributed by atoms with Gasteiger partial charge in [-0.05, 0) is 33.8 Å². The van der Waals surface area contributed by atoms with E-state index in [1.165, 1.54) is 0 Å². The van der Waals surface area contributed by atoms with Gasteiger partial charge in [-0.2, -0.15) is 0 Å². The van der Waals surface area contributed by atoms with Crippen molar-refractivity contribution in [3.05, 3.63) is 17.7 Å². The quantitative estimate of drug-likeness (QED) is 0.867. The van der Waals surface area contributed by atoms with Crippen LogP contribution in [0.2, 0.25) is 0 Å². The molecule has 6 nitrogen and oxygen atoms in total. The molecule has 2 rings (SSSR count). The normalized spacial score (nSPS) is 22.4. The molecule has 1 unspecified atom stereocenters. The first-order valence-corrected chi connectivity index (χ1v) is 7.39. The number of benzene rings is 1. The molecule has 1 aliphatic rings. The summed E-state index contributed by atoms with van der Waals surface area (Å²) >= 11 is 0. The first-order chi connectivity index (χ1) is 10.2. The highest BCUT2D eigenvalue weighted by Gasteiger charge is 2.48. The molecule has 1 aliphatic heterocycles. The third kappa shape index (κ3) is 2.83. The van der Waals surface area contributed by atoms with Gasteiger partial charge in [0.25, 0.3) is 0 Å². The molecule has 0 fully saturated rings. The number of nitrogens with two attached hydrogens (primary N) is 1. The minimum absolute atomic E-state index is 0.169. The van der Waals surface area contributed by atoms with Crippen molar-refractivity contribution in [3.63, 3.8) is 0 Å². The number of hydrogen-bond acceptors (Lipinski definition) is 5. The lowest BCUT2D eigenvalue weighted by Gasteiger charge is -2.41. The van der Waals surface area contributed by atoms with Crippen LogP contribution in [0.1, 0.15) is 39.7 Å². The van der Waals surface area contributed by atoms with E-state index in [1.807, 2.05) is 27.7 Å². The van der Waals surface area contributed by atoms with Gasteiger partial charge in [0, 0.05) is 18.1 Å². The molecule has 0 bridgehead atoms. The summed E-state index contributed by atoms with van der Waals surface area (Å²) in [6.07, 6.45) is 0.169. The summed E-state index contributed by atoms with van der Waals surface area (Å²) in [5, 5.41) is 9.62. The second kappa shape index (κ2) is 5.68. The largest absolute Gasteiger partial charge is 0.490 e. The van der Waals surface area contributed by atoms with Crippen LogP contribution in [0.5, 0.6) is 17.2 Å². The second-order valence-electron chi connectivity index (χ2n) is 5.98. The molecule has 0 spiro atoms. The van der Waals surface area contributed by atoms with E-state index >= 15 is 0 Å². The van der Waals surface area contributed by atoms with Gasteiger partial charge in [-0.25, -0.2) is 4.79 Å². The number of aliphatic carboxylic acids is 1. The van der Waals surface area contributed by atoms with E-state index < -0.39 is 17.1 Å². The minimum atomic E-state index is -1.52. The summed E-state index contributed by atoms with van der Waals surface area (Å²) in [7, 11) is 0. The Morgan fingerprint density at radius 3 is 2.32 bits per heavy atom. The van der Waals surface area contributed by atoms with Crippen LogP contribution in [-0.4, -0.2) is 29.9 Å². The molecule has 0 radical (unpaired) electrons. The number of carbonyl (C=O) groups is 1. The summed E-state index contributed by atoms with van der Waals surface area (Å²) in [4.78, 5) is 11.8. The highest BCUT2D eigenvalue weighted by atomic mass is 16.5. The van der Waals surface area contributed by atoms with Crippen LogP contribution in [0.4, 0.5) is 0 Å². The number of carboxylic acids is 1. The number of rotatable bonds is 5. The Labute approximate surface area is 130 Å². The van der Waals surface area contributed by atoms with E-state index in [2.05, 4.69) is 0 Å². The van der Waals surface area contributed by atoms with Gasteiger partial charge in [-0.1, -0.05) is 0 Å². The molecule has 0 aromatic heterocycles. The molecule has 0 saturated carbocycles. The van der Waals surface area contributed by atoms with Crippen LogP contribution >= 0.6 is 0 Å². The van der Waals surface area contributed by atoms with Gasteiger partial charge < -0.3 is 25.1 Å². The van der Waals surface area contributed by atoms with E-state index in [-0.39, 0.29) is 6.42 Å². The van der Waals surface area contributed by atoms with E-state index in [0.717, 1.165) is 0 Å². The Morgan fingerprint density at radius 2 is 1.82 bits per heavy atom. The molecule has 1 aromatic carbocycles. The molecule has 6 heteroatoms. The van der Waals surface area contributed by atoms with E-state index in [9.17, 15) is 9.90 Å². The van der Waals surface area contributed by atoms with E-state index in [4.69, 9.17) is 19.9 Å². The average molecular weight is 309 g/mol.